The van der Waals surface area contributed by atoms with Crippen LogP contribution in [0.3, 0.4) is 0 Å². The first-order chi connectivity index (χ1) is 15.9. The Morgan fingerprint density at radius 3 is 2.58 bits per heavy atom. The number of hydrogen-bond acceptors (Lipinski definition) is 4. The number of piperazine rings is 1. The molecule has 4 rings (SSSR count). The van der Waals surface area contributed by atoms with Gasteiger partial charge in [-0.05, 0) is 55.4 Å². The number of furan rings is 1. The van der Waals surface area contributed by atoms with Crippen LogP contribution in [0.4, 0.5) is 11.4 Å². The summed E-state index contributed by atoms with van der Waals surface area (Å²) in [6.07, 6.45) is 3.11. The predicted molar refractivity (Wildman–Crippen MR) is 137 cm³/mol. The maximum Gasteiger partial charge on any atom is 0.248 e. The Morgan fingerprint density at radius 2 is 1.85 bits per heavy atom. The van der Waals surface area contributed by atoms with Crippen molar-refractivity contribution in [1.29, 1.82) is 0 Å². The number of likely N-dealkylation sites (N-methyl/N-ethyl adjacent to an activating group) is 1. The van der Waals surface area contributed by atoms with Crippen molar-refractivity contribution in [3.63, 3.8) is 0 Å². The number of benzene rings is 2. The number of halogens is 2. The molecule has 1 aromatic heterocycles. The largest absolute Gasteiger partial charge is 0.457 e. The zero-order chi connectivity index (χ0) is 23.4. The first-order valence-corrected chi connectivity index (χ1v) is 11.8. The third-order valence-electron chi connectivity index (χ3n) is 5.86. The lowest BCUT2D eigenvalue weighted by Gasteiger charge is -2.36. The maximum atomic E-state index is 12.7. The highest BCUT2D eigenvalue weighted by Crippen LogP contribution is 2.34. The number of hydrogen-bond donors (Lipinski definition) is 1. The van der Waals surface area contributed by atoms with E-state index in [2.05, 4.69) is 22.0 Å². The highest BCUT2D eigenvalue weighted by molar-refractivity contribution is 6.34. The fourth-order valence-electron chi connectivity index (χ4n) is 3.90. The Bertz CT molecular complexity index is 1160. The summed E-state index contributed by atoms with van der Waals surface area (Å²) in [4.78, 5) is 17.3. The lowest BCUT2D eigenvalue weighted by molar-refractivity contribution is -0.111. The normalized spacial score (nSPS) is 14.7. The molecule has 172 valence electrons. The van der Waals surface area contributed by atoms with E-state index in [0.29, 0.717) is 27.3 Å². The quantitative estimate of drug-likeness (QED) is 0.414. The SMILES string of the molecule is CCN1CCN(c2c(Cl)cccc2NC(=O)/C=C/c2ccc(-c3ccc(C)c(Cl)c3)o2)CC1. The number of aryl methyl sites for hydroxylation is 1. The molecule has 0 unspecified atom stereocenters. The highest BCUT2D eigenvalue weighted by Gasteiger charge is 2.21. The molecule has 0 spiro atoms. The van der Waals surface area contributed by atoms with Gasteiger partial charge in [0.05, 0.1) is 16.4 Å². The predicted octanol–water partition coefficient (Wildman–Crippen LogP) is 6.36. The van der Waals surface area contributed by atoms with E-state index in [0.717, 1.165) is 49.5 Å². The first-order valence-electron chi connectivity index (χ1n) is 11.1. The van der Waals surface area contributed by atoms with E-state index in [9.17, 15) is 4.79 Å². The molecule has 1 aliphatic rings. The van der Waals surface area contributed by atoms with Crippen molar-refractivity contribution in [2.24, 2.45) is 0 Å². The summed E-state index contributed by atoms with van der Waals surface area (Å²) in [6.45, 7) is 8.85. The third kappa shape index (κ3) is 5.61. The van der Waals surface area contributed by atoms with Crippen molar-refractivity contribution in [2.45, 2.75) is 13.8 Å². The van der Waals surface area contributed by atoms with Gasteiger partial charge < -0.3 is 19.5 Å². The van der Waals surface area contributed by atoms with Gasteiger partial charge in [0.15, 0.2) is 0 Å². The molecule has 0 bridgehead atoms. The van der Waals surface area contributed by atoms with Crippen LogP contribution in [0, 0.1) is 6.92 Å². The molecule has 1 amide bonds. The van der Waals surface area contributed by atoms with E-state index in [1.165, 1.54) is 6.08 Å². The average Bonchev–Trinajstić information content (AvgIpc) is 3.29. The number of anilines is 2. The Kier molecular flexibility index (Phi) is 7.43. The zero-order valence-electron chi connectivity index (χ0n) is 18.8. The minimum absolute atomic E-state index is 0.248. The molecular formula is C26H27Cl2N3O2. The van der Waals surface area contributed by atoms with E-state index < -0.39 is 0 Å². The molecule has 1 aliphatic heterocycles. The summed E-state index contributed by atoms with van der Waals surface area (Å²) in [6, 6.07) is 15.1. The number of rotatable bonds is 6. The zero-order valence-corrected chi connectivity index (χ0v) is 20.3. The summed E-state index contributed by atoms with van der Waals surface area (Å²) in [5.41, 5.74) is 3.47. The van der Waals surface area contributed by atoms with Crippen molar-refractivity contribution >= 4 is 46.6 Å². The van der Waals surface area contributed by atoms with E-state index >= 15 is 0 Å². The van der Waals surface area contributed by atoms with Crippen molar-refractivity contribution in [1.82, 2.24) is 4.90 Å². The van der Waals surface area contributed by atoms with Crippen LogP contribution in [0.5, 0.6) is 0 Å². The van der Waals surface area contributed by atoms with Gasteiger partial charge in [0.1, 0.15) is 11.5 Å². The minimum atomic E-state index is -0.248. The van der Waals surface area contributed by atoms with Gasteiger partial charge in [0, 0.05) is 42.8 Å². The van der Waals surface area contributed by atoms with Crippen LogP contribution in [0.2, 0.25) is 10.0 Å². The number of para-hydroxylation sites is 1. The molecule has 1 fully saturated rings. The summed E-state index contributed by atoms with van der Waals surface area (Å²) in [7, 11) is 0. The van der Waals surface area contributed by atoms with Crippen molar-refractivity contribution in [3.8, 4) is 11.3 Å². The van der Waals surface area contributed by atoms with Crippen LogP contribution >= 0.6 is 23.2 Å². The number of carbonyl (C=O) groups excluding carboxylic acids is 1. The lowest BCUT2D eigenvalue weighted by atomic mass is 10.1. The second-order valence-electron chi connectivity index (χ2n) is 8.05. The molecule has 0 saturated carbocycles. The van der Waals surface area contributed by atoms with Gasteiger partial charge in [0.2, 0.25) is 5.91 Å². The van der Waals surface area contributed by atoms with Crippen LogP contribution < -0.4 is 10.2 Å². The maximum absolute atomic E-state index is 12.7. The molecule has 3 aromatic rings. The van der Waals surface area contributed by atoms with E-state index in [1.54, 1.807) is 6.08 Å². The summed E-state index contributed by atoms with van der Waals surface area (Å²) in [5, 5.41) is 4.29. The fraction of sp³-hybridized carbons (Fsp3) is 0.269. The van der Waals surface area contributed by atoms with Crippen LogP contribution in [0.15, 0.2) is 59.0 Å². The lowest BCUT2D eigenvalue weighted by Crippen LogP contribution is -2.46. The molecule has 2 aromatic carbocycles. The first kappa shape index (κ1) is 23.4. The van der Waals surface area contributed by atoms with Crippen LogP contribution in [0.1, 0.15) is 18.2 Å². The second-order valence-corrected chi connectivity index (χ2v) is 8.86. The van der Waals surface area contributed by atoms with Crippen molar-refractivity contribution in [2.75, 3.05) is 42.9 Å². The molecule has 2 heterocycles. The average molecular weight is 484 g/mol. The monoisotopic (exact) mass is 483 g/mol. The summed E-state index contributed by atoms with van der Waals surface area (Å²) >= 11 is 12.7. The molecule has 1 N–H and O–H groups in total. The number of nitrogens with zero attached hydrogens (tertiary/aromatic N) is 2. The topological polar surface area (TPSA) is 48.7 Å². The van der Waals surface area contributed by atoms with Gasteiger partial charge in [-0.3, -0.25) is 4.79 Å². The van der Waals surface area contributed by atoms with Gasteiger partial charge in [-0.15, -0.1) is 0 Å². The molecule has 0 atom stereocenters. The van der Waals surface area contributed by atoms with E-state index in [1.807, 2.05) is 55.5 Å². The molecule has 7 heteroatoms. The Balaban J connectivity index is 1.45. The van der Waals surface area contributed by atoms with Crippen LogP contribution in [0.25, 0.3) is 17.4 Å². The molecule has 33 heavy (non-hydrogen) atoms. The molecule has 0 radical (unpaired) electrons. The van der Waals surface area contributed by atoms with Crippen LogP contribution in [-0.4, -0.2) is 43.5 Å². The Labute approximate surface area is 204 Å². The number of amides is 1. The highest BCUT2D eigenvalue weighted by atomic mass is 35.5. The van der Waals surface area contributed by atoms with E-state index in [4.69, 9.17) is 27.6 Å². The minimum Gasteiger partial charge on any atom is -0.457 e. The van der Waals surface area contributed by atoms with Crippen molar-refractivity contribution in [3.05, 3.63) is 76.0 Å². The van der Waals surface area contributed by atoms with Gasteiger partial charge in [0.25, 0.3) is 0 Å². The van der Waals surface area contributed by atoms with Gasteiger partial charge in [-0.2, -0.15) is 0 Å². The smallest absolute Gasteiger partial charge is 0.248 e. The molecular weight excluding hydrogens is 457 g/mol. The molecule has 1 saturated heterocycles. The molecule has 5 nitrogen and oxygen atoms in total. The second kappa shape index (κ2) is 10.5. The summed E-state index contributed by atoms with van der Waals surface area (Å²) < 4.78 is 5.86. The summed E-state index contributed by atoms with van der Waals surface area (Å²) in [5.74, 6) is 1.03. The van der Waals surface area contributed by atoms with Crippen LogP contribution in [-0.2, 0) is 4.79 Å². The third-order valence-corrected chi connectivity index (χ3v) is 6.57. The van der Waals surface area contributed by atoms with Gasteiger partial charge >= 0.3 is 0 Å². The van der Waals surface area contributed by atoms with E-state index in [-0.39, 0.29) is 5.91 Å². The van der Waals surface area contributed by atoms with Crippen molar-refractivity contribution < 1.29 is 9.21 Å². The molecule has 0 aliphatic carbocycles. The Morgan fingerprint density at radius 1 is 1.06 bits per heavy atom. The number of carbonyl (C=O) groups is 1. The van der Waals surface area contributed by atoms with Gasteiger partial charge in [-0.25, -0.2) is 0 Å². The van der Waals surface area contributed by atoms with Gasteiger partial charge in [-0.1, -0.05) is 48.3 Å². The standard InChI is InChI=1S/C26H27Cl2N3O2/c1-3-30-13-15-31(16-14-30)26-21(27)5-4-6-23(26)29-25(32)12-10-20-9-11-24(33-20)19-8-7-18(2)22(28)17-19/h4-12,17H,3,13-16H2,1-2H3,(H,29,32)/b12-10+. The fourth-order valence-corrected chi connectivity index (χ4v) is 4.38. The Hall–Kier alpha value is -2.73. The number of nitrogens with one attached hydrogen (secondary N) is 1.